The van der Waals surface area contributed by atoms with E-state index in [1.54, 1.807) is 23.5 Å². The van der Waals surface area contributed by atoms with Crippen LogP contribution in [0.15, 0.2) is 47.4 Å². The molecule has 138 valence electrons. The van der Waals surface area contributed by atoms with Crippen molar-refractivity contribution in [2.75, 3.05) is 13.7 Å². The lowest BCUT2D eigenvalue weighted by atomic mass is 9.71. The first kappa shape index (κ1) is 17.6. The first-order chi connectivity index (χ1) is 12.4. The molecule has 1 aliphatic heterocycles. The molecule has 4 rings (SSSR count). The van der Waals surface area contributed by atoms with Crippen LogP contribution >= 0.6 is 0 Å². The molecule has 2 bridgehead atoms. The minimum Gasteiger partial charge on any atom is -0.497 e. The van der Waals surface area contributed by atoms with Crippen LogP contribution in [0.1, 0.15) is 36.0 Å². The number of sulfonamides is 1. The number of piperidine rings is 1. The number of hydrogen-bond donors (Lipinski definition) is 0. The van der Waals surface area contributed by atoms with Crippen molar-refractivity contribution in [2.45, 2.75) is 43.5 Å². The Balaban J connectivity index is 1.70. The Labute approximate surface area is 155 Å². The van der Waals surface area contributed by atoms with Crippen molar-refractivity contribution < 1.29 is 13.2 Å². The smallest absolute Gasteiger partial charge is 0.243 e. The van der Waals surface area contributed by atoms with E-state index in [0.29, 0.717) is 17.4 Å². The fourth-order valence-electron chi connectivity index (χ4n) is 4.45. The van der Waals surface area contributed by atoms with Crippen LogP contribution in [0.25, 0.3) is 0 Å². The summed E-state index contributed by atoms with van der Waals surface area (Å²) in [7, 11) is -1.78. The molecule has 0 amide bonds. The quantitative estimate of drug-likeness (QED) is 0.826. The average Bonchev–Trinajstić information content (AvgIpc) is 2.64. The zero-order valence-corrected chi connectivity index (χ0v) is 16.3. The normalized spacial score (nSPS) is 25.6. The summed E-state index contributed by atoms with van der Waals surface area (Å²) in [5.41, 5.74) is 3.65. The van der Waals surface area contributed by atoms with E-state index in [1.807, 2.05) is 25.1 Å². The molecule has 1 saturated heterocycles. The summed E-state index contributed by atoms with van der Waals surface area (Å²) in [6.07, 6.45) is 1.65. The minimum absolute atomic E-state index is 0.0309. The average molecular weight is 372 g/mol. The third-order valence-corrected chi connectivity index (χ3v) is 7.86. The van der Waals surface area contributed by atoms with E-state index in [0.717, 1.165) is 24.2 Å². The Hall–Kier alpha value is -1.85. The van der Waals surface area contributed by atoms with Gasteiger partial charge >= 0.3 is 0 Å². The van der Waals surface area contributed by atoms with Crippen molar-refractivity contribution in [3.05, 3.63) is 59.2 Å². The summed E-state index contributed by atoms with van der Waals surface area (Å²) in [6, 6.07) is 13.4. The maximum Gasteiger partial charge on any atom is 0.243 e. The van der Waals surface area contributed by atoms with Crippen LogP contribution in [-0.4, -0.2) is 32.4 Å². The number of nitrogens with zero attached hydrogens (tertiary/aromatic N) is 1. The Bertz CT molecular complexity index is 921. The van der Waals surface area contributed by atoms with Crippen LogP contribution in [0.5, 0.6) is 5.75 Å². The van der Waals surface area contributed by atoms with Gasteiger partial charge in [-0.25, -0.2) is 8.42 Å². The van der Waals surface area contributed by atoms with E-state index in [1.165, 1.54) is 11.1 Å². The molecule has 5 heteroatoms. The van der Waals surface area contributed by atoms with Crippen LogP contribution in [0.2, 0.25) is 0 Å². The largest absolute Gasteiger partial charge is 0.497 e. The number of ether oxygens (including phenoxy) is 1. The number of hydrogen-bond acceptors (Lipinski definition) is 3. The first-order valence-corrected chi connectivity index (χ1v) is 10.6. The molecule has 3 atom stereocenters. The second-order valence-corrected chi connectivity index (χ2v) is 9.52. The molecule has 1 aliphatic carbocycles. The highest BCUT2D eigenvalue weighted by atomic mass is 32.2. The van der Waals surface area contributed by atoms with Gasteiger partial charge in [-0.15, -0.1) is 0 Å². The van der Waals surface area contributed by atoms with Gasteiger partial charge < -0.3 is 4.74 Å². The molecule has 1 fully saturated rings. The van der Waals surface area contributed by atoms with Crippen LogP contribution in [0.4, 0.5) is 0 Å². The highest BCUT2D eigenvalue weighted by Crippen LogP contribution is 2.45. The zero-order chi connectivity index (χ0) is 18.5. The van der Waals surface area contributed by atoms with E-state index in [9.17, 15) is 8.42 Å². The number of methoxy groups -OCH3 is 1. The van der Waals surface area contributed by atoms with Crippen LogP contribution in [0.3, 0.4) is 0 Å². The summed E-state index contributed by atoms with van der Waals surface area (Å²) >= 11 is 0. The molecule has 0 N–H and O–H groups in total. The van der Waals surface area contributed by atoms with E-state index in [2.05, 4.69) is 19.1 Å². The molecule has 2 aromatic rings. The van der Waals surface area contributed by atoms with Crippen LogP contribution in [-0.2, 0) is 16.4 Å². The second kappa shape index (κ2) is 6.39. The molecule has 2 aromatic carbocycles. The lowest BCUT2D eigenvalue weighted by Crippen LogP contribution is -2.51. The summed E-state index contributed by atoms with van der Waals surface area (Å²) < 4.78 is 33.7. The predicted molar refractivity (Wildman–Crippen MR) is 102 cm³/mol. The van der Waals surface area contributed by atoms with Crippen molar-refractivity contribution in [1.29, 1.82) is 0 Å². The number of rotatable bonds is 3. The Morgan fingerprint density at radius 2 is 1.85 bits per heavy atom. The summed E-state index contributed by atoms with van der Waals surface area (Å²) in [5.74, 6) is 1.55. The maximum absolute atomic E-state index is 13.3. The van der Waals surface area contributed by atoms with Crippen LogP contribution in [0, 0.1) is 12.8 Å². The summed E-state index contributed by atoms with van der Waals surface area (Å²) in [5, 5.41) is 0. The lowest BCUT2D eigenvalue weighted by molar-refractivity contribution is 0.165. The first-order valence-electron chi connectivity index (χ1n) is 9.15. The molecule has 1 heterocycles. The molecule has 0 aromatic heterocycles. The molecule has 0 radical (unpaired) electrons. The van der Waals surface area contributed by atoms with Gasteiger partial charge in [0.15, 0.2) is 0 Å². The van der Waals surface area contributed by atoms with Gasteiger partial charge in [-0.3, -0.25) is 0 Å². The Morgan fingerprint density at radius 1 is 1.12 bits per heavy atom. The molecule has 0 unspecified atom stereocenters. The standard InChI is InChI=1S/C21H25NO3S/c1-14-4-8-19(9-5-14)26(23,24)22-13-15(2)20-11-17(22)10-16-6-7-18(25-3)12-21(16)20/h4-9,12,15,17,20H,10-11,13H2,1-3H3/t15-,17+,20-/m0/s1. The van der Waals surface area contributed by atoms with Crippen molar-refractivity contribution in [1.82, 2.24) is 4.31 Å². The molecule has 0 saturated carbocycles. The number of benzene rings is 2. The van der Waals surface area contributed by atoms with Gasteiger partial charge in [-0.1, -0.05) is 30.7 Å². The fourth-order valence-corrected chi connectivity index (χ4v) is 6.18. The van der Waals surface area contributed by atoms with E-state index in [4.69, 9.17) is 4.74 Å². The minimum atomic E-state index is -3.47. The highest BCUT2D eigenvalue weighted by molar-refractivity contribution is 7.89. The van der Waals surface area contributed by atoms with Gasteiger partial charge in [0.05, 0.1) is 12.0 Å². The third kappa shape index (κ3) is 2.83. The zero-order valence-electron chi connectivity index (χ0n) is 15.5. The molecular weight excluding hydrogens is 346 g/mol. The Kier molecular flexibility index (Phi) is 4.32. The summed E-state index contributed by atoms with van der Waals surface area (Å²) in [6.45, 7) is 4.70. The van der Waals surface area contributed by atoms with Gasteiger partial charge in [-0.05, 0) is 67.0 Å². The van der Waals surface area contributed by atoms with E-state index >= 15 is 0 Å². The van der Waals surface area contributed by atoms with Crippen LogP contribution < -0.4 is 4.74 Å². The van der Waals surface area contributed by atoms with E-state index in [-0.39, 0.29) is 12.0 Å². The van der Waals surface area contributed by atoms with Gasteiger partial charge in [0, 0.05) is 12.6 Å². The molecule has 2 aliphatic rings. The number of aryl methyl sites for hydroxylation is 1. The molecule has 0 spiro atoms. The molecule has 4 nitrogen and oxygen atoms in total. The van der Waals surface area contributed by atoms with Gasteiger partial charge in [0.1, 0.15) is 5.75 Å². The van der Waals surface area contributed by atoms with Gasteiger partial charge in [-0.2, -0.15) is 4.31 Å². The lowest BCUT2D eigenvalue weighted by Gasteiger charge is -2.46. The molecule has 26 heavy (non-hydrogen) atoms. The number of fused-ring (bicyclic) bond motifs is 4. The second-order valence-electron chi connectivity index (χ2n) is 7.63. The third-order valence-electron chi connectivity index (χ3n) is 5.92. The molecular formula is C21H25NO3S. The predicted octanol–water partition coefficient (Wildman–Crippen LogP) is 3.74. The SMILES string of the molecule is COc1ccc2c(c1)[C@H]1C[C@@H](C2)N(S(=O)(=O)c2ccc(C)cc2)C[C@@H]1C. The highest BCUT2D eigenvalue weighted by Gasteiger charge is 2.44. The maximum atomic E-state index is 13.3. The van der Waals surface area contributed by atoms with E-state index < -0.39 is 10.0 Å². The Morgan fingerprint density at radius 3 is 2.54 bits per heavy atom. The summed E-state index contributed by atoms with van der Waals surface area (Å²) in [4.78, 5) is 0.397. The van der Waals surface area contributed by atoms with Crippen molar-refractivity contribution in [3.63, 3.8) is 0 Å². The fraction of sp³-hybridized carbons (Fsp3) is 0.429. The van der Waals surface area contributed by atoms with Gasteiger partial charge in [0.25, 0.3) is 0 Å². The van der Waals surface area contributed by atoms with Crippen molar-refractivity contribution in [2.24, 2.45) is 5.92 Å². The monoisotopic (exact) mass is 371 g/mol. The van der Waals surface area contributed by atoms with Crippen molar-refractivity contribution in [3.8, 4) is 5.75 Å². The topological polar surface area (TPSA) is 46.6 Å². The van der Waals surface area contributed by atoms with Gasteiger partial charge in [0.2, 0.25) is 10.0 Å². The van der Waals surface area contributed by atoms with Crippen molar-refractivity contribution >= 4 is 10.0 Å².